The van der Waals surface area contributed by atoms with E-state index in [1.165, 1.54) is 32.1 Å². The van der Waals surface area contributed by atoms with Gasteiger partial charge in [-0.2, -0.15) is 0 Å². The van der Waals surface area contributed by atoms with Gasteiger partial charge in [0, 0.05) is 31.9 Å². The summed E-state index contributed by atoms with van der Waals surface area (Å²) in [5.41, 5.74) is 2.91. The molecule has 0 spiro atoms. The fourth-order valence-electron chi connectivity index (χ4n) is 3.10. The first-order valence-corrected chi connectivity index (χ1v) is 7.65. The van der Waals surface area contributed by atoms with Gasteiger partial charge in [-0.25, -0.2) is 0 Å². The Morgan fingerprint density at radius 2 is 2.00 bits per heavy atom. The number of carbonyl (C=O) groups excluding carboxylic acids is 1. The van der Waals surface area contributed by atoms with Crippen LogP contribution in [0.1, 0.15) is 48.0 Å². The topological polar surface area (TPSA) is 32.3 Å². The van der Waals surface area contributed by atoms with Gasteiger partial charge in [0.1, 0.15) is 0 Å². The number of hydrogen-bond acceptors (Lipinski definition) is 2. The van der Waals surface area contributed by atoms with E-state index in [1.807, 2.05) is 44.1 Å². The molecule has 0 unspecified atom stereocenters. The van der Waals surface area contributed by atoms with Crippen LogP contribution in [0.25, 0.3) is 0 Å². The highest BCUT2D eigenvalue weighted by Gasteiger charge is 2.20. The highest BCUT2D eigenvalue weighted by atomic mass is 16.2. The van der Waals surface area contributed by atoms with Crippen LogP contribution in [-0.4, -0.2) is 31.4 Å². The van der Waals surface area contributed by atoms with Crippen molar-refractivity contribution >= 4 is 11.6 Å². The third-order valence-corrected chi connectivity index (χ3v) is 4.35. The molecular weight excluding hydrogens is 248 g/mol. The van der Waals surface area contributed by atoms with Crippen molar-refractivity contribution in [3.63, 3.8) is 0 Å². The lowest BCUT2D eigenvalue weighted by molar-refractivity contribution is 0.0760. The van der Waals surface area contributed by atoms with Crippen LogP contribution < -0.4 is 5.32 Å². The Balaban J connectivity index is 2.02. The van der Waals surface area contributed by atoms with E-state index in [1.54, 1.807) is 0 Å². The second-order valence-electron chi connectivity index (χ2n) is 5.97. The Kier molecular flexibility index (Phi) is 5.05. The minimum absolute atomic E-state index is 0.149. The van der Waals surface area contributed by atoms with Crippen LogP contribution in [0.3, 0.4) is 0 Å². The first-order chi connectivity index (χ1) is 9.61. The number of rotatable bonds is 4. The molecule has 1 amide bonds. The molecule has 1 aromatic rings. The van der Waals surface area contributed by atoms with Gasteiger partial charge in [0.05, 0.1) is 0 Å². The van der Waals surface area contributed by atoms with Crippen molar-refractivity contribution in [1.29, 1.82) is 0 Å². The van der Waals surface area contributed by atoms with Gasteiger partial charge in [-0.05, 0) is 49.4 Å². The summed E-state index contributed by atoms with van der Waals surface area (Å²) in [6, 6.07) is 5.93. The Labute approximate surface area is 122 Å². The Morgan fingerprint density at radius 3 is 2.60 bits per heavy atom. The highest BCUT2D eigenvalue weighted by Crippen LogP contribution is 2.25. The zero-order valence-electron chi connectivity index (χ0n) is 12.9. The zero-order chi connectivity index (χ0) is 14.5. The molecule has 0 heterocycles. The molecule has 20 heavy (non-hydrogen) atoms. The van der Waals surface area contributed by atoms with Crippen molar-refractivity contribution in [3.8, 4) is 0 Å². The first kappa shape index (κ1) is 14.9. The number of anilines is 1. The molecule has 0 aromatic heterocycles. The van der Waals surface area contributed by atoms with Crippen LogP contribution in [0.4, 0.5) is 5.69 Å². The van der Waals surface area contributed by atoms with Crippen LogP contribution in [0, 0.1) is 12.8 Å². The summed E-state index contributed by atoms with van der Waals surface area (Å²) in [5.74, 6) is 0.838. The molecule has 3 heteroatoms. The molecule has 1 N–H and O–H groups in total. The van der Waals surface area contributed by atoms with E-state index in [0.717, 1.165) is 23.4 Å². The van der Waals surface area contributed by atoms with Crippen molar-refractivity contribution < 1.29 is 4.79 Å². The molecule has 2 rings (SSSR count). The Bertz CT molecular complexity index is 464. The van der Waals surface area contributed by atoms with Crippen molar-refractivity contribution in [2.75, 3.05) is 26.0 Å². The number of amides is 1. The van der Waals surface area contributed by atoms with Crippen LogP contribution in [0.5, 0.6) is 0 Å². The predicted octanol–water partition coefficient (Wildman–Crippen LogP) is 3.69. The number of benzene rings is 1. The highest BCUT2D eigenvalue weighted by molar-refractivity contribution is 5.95. The molecular formula is C17H26N2O. The van der Waals surface area contributed by atoms with Crippen molar-refractivity contribution in [2.24, 2.45) is 5.92 Å². The van der Waals surface area contributed by atoms with Gasteiger partial charge in [-0.15, -0.1) is 0 Å². The van der Waals surface area contributed by atoms with Crippen molar-refractivity contribution in [1.82, 2.24) is 4.90 Å². The van der Waals surface area contributed by atoms with Gasteiger partial charge in [-0.3, -0.25) is 4.79 Å². The van der Waals surface area contributed by atoms with Crippen molar-refractivity contribution in [2.45, 2.75) is 39.0 Å². The number of aryl methyl sites for hydroxylation is 1. The summed E-state index contributed by atoms with van der Waals surface area (Å²) >= 11 is 0. The third kappa shape index (κ3) is 3.53. The predicted molar refractivity (Wildman–Crippen MR) is 84.3 cm³/mol. The second kappa shape index (κ2) is 6.78. The minimum atomic E-state index is 0.149. The van der Waals surface area contributed by atoms with E-state index in [-0.39, 0.29) is 5.91 Å². The molecule has 110 valence electrons. The molecule has 0 saturated heterocycles. The van der Waals surface area contributed by atoms with Crippen LogP contribution in [-0.2, 0) is 0 Å². The monoisotopic (exact) mass is 274 g/mol. The van der Waals surface area contributed by atoms with E-state index in [4.69, 9.17) is 0 Å². The number of hydrogen-bond donors (Lipinski definition) is 1. The molecule has 0 atom stereocenters. The zero-order valence-corrected chi connectivity index (χ0v) is 12.9. The summed E-state index contributed by atoms with van der Waals surface area (Å²) in [5, 5.41) is 3.10. The molecule has 1 aromatic carbocycles. The Hall–Kier alpha value is -1.51. The van der Waals surface area contributed by atoms with Gasteiger partial charge in [0.25, 0.3) is 5.91 Å². The second-order valence-corrected chi connectivity index (χ2v) is 5.97. The largest absolute Gasteiger partial charge is 0.388 e. The van der Waals surface area contributed by atoms with E-state index in [2.05, 4.69) is 5.32 Å². The van der Waals surface area contributed by atoms with Crippen molar-refractivity contribution in [3.05, 3.63) is 29.3 Å². The molecule has 1 aliphatic carbocycles. The quantitative estimate of drug-likeness (QED) is 0.908. The fraction of sp³-hybridized carbons (Fsp3) is 0.588. The molecule has 0 bridgehead atoms. The smallest absolute Gasteiger partial charge is 0.253 e. The SMILES string of the molecule is CNc1ccc(C(=O)N(C)CC2CCCCC2)c(C)c1. The van der Waals surface area contributed by atoms with Gasteiger partial charge >= 0.3 is 0 Å². The van der Waals surface area contributed by atoms with Gasteiger partial charge in [0.2, 0.25) is 0 Å². The summed E-state index contributed by atoms with van der Waals surface area (Å²) < 4.78 is 0. The summed E-state index contributed by atoms with van der Waals surface area (Å²) in [6.07, 6.45) is 6.55. The van der Waals surface area contributed by atoms with Gasteiger partial charge in [0.15, 0.2) is 0 Å². The molecule has 1 saturated carbocycles. The molecule has 0 aliphatic heterocycles. The number of carbonyl (C=O) groups is 1. The normalized spacial score (nSPS) is 15.9. The Morgan fingerprint density at radius 1 is 1.30 bits per heavy atom. The van der Waals surface area contributed by atoms with Crippen LogP contribution in [0.2, 0.25) is 0 Å². The lowest BCUT2D eigenvalue weighted by Gasteiger charge is -2.27. The maximum absolute atomic E-state index is 12.5. The first-order valence-electron chi connectivity index (χ1n) is 7.65. The maximum atomic E-state index is 12.5. The lowest BCUT2D eigenvalue weighted by atomic mass is 9.89. The van der Waals surface area contributed by atoms with E-state index < -0.39 is 0 Å². The average molecular weight is 274 g/mol. The number of nitrogens with one attached hydrogen (secondary N) is 1. The van der Waals surface area contributed by atoms with E-state index in [9.17, 15) is 4.79 Å². The van der Waals surface area contributed by atoms with Crippen LogP contribution >= 0.6 is 0 Å². The third-order valence-electron chi connectivity index (χ3n) is 4.35. The average Bonchev–Trinajstić information content (AvgIpc) is 2.47. The standard InChI is InChI=1S/C17H26N2O/c1-13-11-15(18-2)9-10-16(13)17(20)19(3)12-14-7-5-4-6-8-14/h9-11,14,18H,4-8,12H2,1-3H3. The summed E-state index contributed by atoms with van der Waals surface area (Å²) in [7, 11) is 3.83. The van der Waals surface area contributed by atoms with Crippen LogP contribution in [0.15, 0.2) is 18.2 Å². The minimum Gasteiger partial charge on any atom is -0.388 e. The van der Waals surface area contributed by atoms with Gasteiger partial charge < -0.3 is 10.2 Å². The molecule has 1 aliphatic rings. The number of nitrogens with zero attached hydrogens (tertiary/aromatic N) is 1. The van der Waals surface area contributed by atoms with Gasteiger partial charge in [-0.1, -0.05) is 19.3 Å². The lowest BCUT2D eigenvalue weighted by Crippen LogP contribution is -2.33. The summed E-state index contributed by atoms with van der Waals surface area (Å²) in [4.78, 5) is 14.4. The maximum Gasteiger partial charge on any atom is 0.253 e. The van der Waals surface area contributed by atoms with E-state index in [0.29, 0.717) is 5.92 Å². The van der Waals surface area contributed by atoms with E-state index >= 15 is 0 Å². The summed E-state index contributed by atoms with van der Waals surface area (Å²) in [6.45, 7) is 2.90. The molecule has 3 nitrogen and oxygen atoms in total. The molecule has 0 radical (unpaired) electrons. The fourth-order valence-corrected chi connectivity index (χ4v) is 3.10. The molecule has 1 fully saturated rings.